The normalized spacial score (nSPS) is 11.5. The van der Waals surface area contributed by atoms with Crippen LogP contribution in [0.15, 0.2) is 59.0 Å². The molecule has 2 heterocycles. The monoisotopic (exact) mass is 482 g/mol. The molecule has 0 bridgehead atoms. The molecule has 33 heavy (non-hydrogen) atoms. The van der Waals surface area contributed by atoms with Gasteiger partial charge in [0.1, 0.15) is 5.69 Å². The van der Waals surface area contributed by atoms with Gasteiger partial charge in [-0.05, 0) is 29.8 Å². The summed E-state index contributed by atoms with van der Waals surface area (Å²) in [5, 5.41) is 13.2. The SMILES string of the molecule is CC(C)(C)C(=O)c1oc2nc(-c3ccccc3Cl)c(-c3ccc(Cl)cc3)cc2c1NC(=O)O. The average Bonchev–Trinajstić information content (AvgIpc) is 3.09. The molecule has 4 rings (SSSR count). The molecule has 1 amide bonds. The fraction of sp³-hybridized carbons (Fsp3) is 0.160. The largest absolute Gasteiger partial charge is 0.465 e. The van der Waals surface area contributed by atoms with Crippen LogP contribution in [0.3, 0.4) is 0 Å². The molecule has 0 aliphatic carbocycles. The number of nitrogens with one attached hydrogen (secondary N) is 1. The van der Waals surface area contributed by atoms with Crippen LogP contribution >= 0.6 is 23.2 Å². The first-order chi connectivity index (χ1) is 15.6. The van der Waals surface area contributed by atoms with Crippen molar-refractivity contribution in [1.82, 2.24) is 4.98 Å². The zero-order valence-corrected chi connectivity index (χ0v) is 19.6. The first-order valence-corrected chi connectivity index (χ1v) is 10.8. The van der Waals surface area contributed by atoms with Crippen molar-refractivity contribution in [3.63, 3.8) is 0 Å². The van der Waals surface area contributed by atoms with Crippen molar-refractivity contribution in [2.24, 2.45) is 5.41 Å². The summed E-state index contributed by atoms with van der Waals surface area (Å²) in [6.45, 7) is 5.19. The summed E-state index contributed by atoms with van der Waals surface area (Å²) in [6.07, 6.45) is -1.32. The molecule has 168 valence electrons. The van der Waals surface area contributed by atoms with Gasteiger partial charge in [-0.1, -0.05) is 74.3 Å². The summed E-state index contributed by atoms with van der Waals surface area (Å²) in [4.78, 5) is 29.3. The molecule has 0 aliphatic heterocycles. The number of rotatable bonds is 4. The molecule has 8 heteroatoms. The van der Waals surface area contributed by atoms with Gasteiger partial charge in [-0.25, -0.2) is 9.78 Å². The van der Waals surface area contributed by atoms with Crippen molar-refractivity contribution in [2.45, 2.75) is 20.8 Å². The summed E-state index contributed by atoms with van der Waals surface area (Å²) in [6, 6.07) is 16.1. The molecule has 0 radical (unpaired) electrons. The van der Waals surface area contributed by atoms with E-state index in [1.54, 1.807) is 45.0 Å². The predicted molar refractivity (Wildman–Crippen MR) is 130 cm³/mol. The minimum atomic E-state index is -1.32. The standard InChI is InChI=1S/C25H20Cl2N2O4/c1-25(2,3)22(30)21-20(29-24(31)32)17-12-16(13-8-10-14(26)11-9-13)19(28-23(17)33-21)15-6-4-5-7-18(15)27/h4-12,29H,1-3H3,(H,31,32). The Morgan fingerprint density at radius 1 is 1.00 bits per heavy atom. The maximum Gasteiger partial charge on any atom is 0.409 e. The third-order valence-corrected chi connectivity index (χ3v) is 5.67. The number of anilines is 1. The number of halogens is 2. The summed E-state index contributed by atoms with van der Waals surface area (Å²) in [5.41, 5.74) is 2.04. The topological polar surface area (TPSA) is 92.4 Å². The Labute approximate surface area is 200 Å². The van der Waals surface area contributed by atoms with Crippen molar-refractivity contribution in [1.29, 1.82) is 0 Å². The molecular weight excluding hydrogens is 463 g/mol. The lowest BCUT2D eigenvalue weighted by molar-refractivity contribution is 0.0831. The Morgan fingerprint density at radius 2 is 1.67 bits per heavy atom. The summed E-state index contributed by atoms with van der Waals surface area (Å²) >= 11 is 12.5. The van der Waals surface area contributed by atoms with E-state index in [1.807, 2.05) is 30.3 Å². The second-order valence-electron chi connectivity index (χ2n) is 8.54. The van der Waals surface area contributed by atoms with E-state index < -0.39 is 11.5 Å². The molecule has 6 nitrogen and oxygen atoms in total. The maximum atomic E-state index is 13.0. The Hall–Kier alpha value is -3.35. The highest BCUT2D eigenvalue weighted by molar-refractivity contribution is 6.33. The van der Waals surface area contributed by atoms with Crippen molar-refractivity contribution in [2.75, 3.05) is 5.32 Å². The van der Waals surface area contributed by atoms with E-state index in [1.165, 1.54) is 0 Å². The Bertz CT molecular complexity index is 1390. The van der Waals surface area contributed by atoms with E-state index in [2.05, 4.69) is 10.3 Å². The lowest BCUT2D eigenvalue weighted by atomic mass is 9.89. The van der Waals surface area contributed by atoms with Gasteiger partial charge < -0.3 is 9.52 Å². The van der Waals surface area contributed by atoms with E-state index in [9.17, 15) is 14.7 Å². The molecule has 2 N–H and O–H groups in total. The average molecular weight is 483 g/mol. The zero-order valence-electron chi connectivity index (χ0n) is 18.1. The number of carboxylic acid groups (broad SMARTS) is 1. The fourth-order valence-corrected chi connectivity index (χ4v) is 3.81. The van der Waals surface area contributed by atoms with Crippen LogP contribution in [-0.4, -0.2) is 22.0 Å². The molecule has 0 saturated heterocycles. The van der Waals surface area contributed by atoms with E-state index in [4.69, 9.17) is 27.6 Å². The molecule has 2 aromatic carbocycles. The fourth-order valence-electron chi connectivity index (χ4n) is 3.46. The van der Waals surface area contributed by atoms with Gasteiger partial charge in [-0.15, -0.1) is 0 Å². The zero-order chi connectivity index (χ0) is 23.9. The van der Waals surface area contributed by atoms with Gasteiger partial charge in [-0.2, -0.15) is 0 Å². The number of furan rings is 1. The van der Waals surface area contributed by atoms with Crippen LogP contribution in [0.2, 0.25) is 10.0 Å². The first-order valence-electron chi connectivity index (χ1n) is 10.1. The lowest BCUT2D eigenvalue weighted by Crippen LogP contribution is -2.21. The number of carbonyl (C=O) groups excluding carboxylic acids is 1. The highest BCUT2D eigenvalue weighted by Crippen LogP contribution is 2.41. The molecule has 0 fully saturated rings. The minimum Gasteiger partial charge on any atom is -0.465 e. The van der Waals surface area contributed by atoms with Crippen LogP contribution in [-0.2, 0) is 0 Å². The Morgan fingerprint density at radius 3 is 2.27 bits per heavy atom. The van der Waals surface area contributed by atoms with E-state index in [0.29, 0.717) is 32.3 Å². The van der Waals surface area contributed by atoms with Crippen LogP contribution in [0.1, 0.15) is 31.3 Å². The number of hydrogen-bond donors (Lipinski definition) is 2. The van der Waals surface area contributed by atoms with Gasteiger partial charge in [0.15, 0.2) is 5.76 Å². The smallest absolute Gasteiger partial charge is 0.409 e. The molecule has 0 atom stereocenters. The van der Waals surface area contributed by atoms with Crippen molar-refractivity contribution >= 4 is 51.9 Å². The predicted octanol–water partition coefficient (Wildman–Crippen LogP) is 7.79. The van der Waals surface area contributed by atoms with Gasteiger partial charge in [0, 0.05) is 26.6 Å². The number of Topliss-reactive ketones (excluding diaryl/α,β-unsaturated/α-hetero) is 1. The van der Waals surface area contributed by atoms with Crippen molar-refractivity contribution < 1.29 is 19.1 Å². The number of aromatic nitrogens is 1. The Kier molecular flexibility index (Phi) is 5.91. The van der Waals surface area contributed by atoms with Crippen molar-refractivity contribution in [3.8, 4) is 22.4 Å². The van der Waals surface area contributed by atoms with Gasteiger partial charge in [0.2, 0.25) is 11.5 Å². The molecule has 2 aromatic heterocycles. The third kappa shape index (κ3) is 4.45. The van der Waals surface area contributed by atoms with Crippen LogP contribution in [0.4, 0.5) is 10.5 Å². The number of pyridine rings is 1. The van der Waals surface area contributed by atoms with Gasteiger partial charge in [-0.3, -0.25) is 10.1 Å². The van der Waals surface area contributed by atoms with Gasteiger partial charge in [0.25, 0.3) is 0 Å². The molecule has 0 aliphatic rings. The summed E-state index contributed by atoms with van der Waals surface area (Å²) < 4.78 is 5.85. The molecule has 4 aromatic rings. The second kappa shape index (κ2) is 8.54. The van der Waals surface area contributed by atoms with E-state index in [-0.39, 0.29) is 22.9 Å². The van der Waals surface area contributed by atoms with Crippen LogP contribution < -0.4 is 5.32 Å². The quantitative estimate of drug-likeness (QED) is 0.289. The Balaban J connectivity index is 2.08. The van der Waals surface area contributed by atoms with E-state index in [0.717, 1.165) is 5.56 Å². The number of nitrogens with zero attached hydrogens (tertiary/aromatic N) is 1. The summed E-state index contributed by atoms with van der Waals surface area (Å²) in [7, 11) is 0. The molecule has 0 unspecified atom stereocenters. The number of benzene rings is 2. The number of ketones is 1. The molecule has 0 saturated carbocycles. The highest BCUT2D eigenvalue weighted by atomic mass is 35.5. The number of amides is 1. The minimum absolute atomic E-state index is 0.0610. The molecular formula is C25H20Cl2N2O4. The van der Waals surface area contributed by atoms with Crippen LogP contribution in [0, 0.1) is 5.41 Å². The number of hydrogen-bond acceptors (Lipinski definition) is 4. The van der Waals surface area contributed by atoms with Gasteiger partial charge >= 0.3 is 6.09 Å². The van der Waals surface area contributed by atoms with Crippen LogP contribution in [0.5, 0.6) is 0 Å². The second-order valence-corrected chi connectivity index (χ2v) is 9.38. The summed E-state index contributed by atoms with van der Waals surface area (Å²) in [5.74, 6) is -0.442. The number of carbonyl (C=O) groups is 2. The molecule has 0 spiro atoms. The number of fused-ring (bicyclic) bond motifs is 1. The lowest BCUT2D eigenvalue weighted by Gasteiger charge is -2.15. The third-order valence-electron chi connectivity index (χ3n) is 5.09. The van der Waals surface area contributed by atoms with Crippen LogP contribution in [0.25, 0.3) is 33.5 Å². The highest BCUT2D eigenvalue weighted by Gasteiger charge is 2.32. The maximum absolute atomic E-state index is 13.0. The van der Waals surface area contributed by atoms with Crippen molar-refractivity contribution in [3.05, 3.63) is 70.4 Å². The van der Waals surface area contributed by atoms with Gasteiger partial charge in [0.05, 0.1) is 11.1 Å². The first kappa shape index (κ1) is 22.8. The van der Waals surface area contributed by atoms with E-state index >= 15 is 0 Å².